The summed E-state index contributed by atoms with van der Waals surface area (Å²) in [7, 11) is 0. The van der Waals surface area contributed by atoms with Crippen molar-refractivity contribution in [2.75, 3.05) is 6.61 Å². The Morgan fingerprint density at radius 1 is 1.40 bits per heavy atom. The Hall–Kier alpha value is -1.63. The third-order valence-corrected chi connectivity index (χ3v) is 3.54. The van der Waals surface area contributed by atoms with Crippen molar-refractivity contribution in [3.8, 4) is 0 Å². The van der Waals surface area contributed by atoms with E-state index >= 15 is 0 Å². The highest BCUT2D eigenvalue weighted by Gasteiger charge is 2.50. The van der Waals surface area contributed by atoms with Gasteiger partial charge in [0.1, 0.15) is 18.2 Å². The predicted octanol–water partition coefficient (Wildman–Crippen LogP) is 1.37. The first kappa shape index (κ1) is 13.4. The topological polar surface area (TPSA) is 96.7 Å². The number of hydrogen-bond acceptors (Lipinski definition) is 5. The van der Waals surface area contributed by atoms with Crippen molar-refractivity contribution in [3.05, 3.63) is 46.3 Å². The first-order valence-corrected chi connectivity index (χ1v) is 6.44. The maximum atomic E-state index is 10.3. The third-order valence-electron chi connectivity index (χ3n) is 3.54. The van der Waals surface area contributed by atoms with E-state index < -0.39 is 24.5 Å². The van der Waals surface area contributed by atoms with Gasteiger partial charge in [-0.25, -0.2) is 0 Å². The minimum atomic E-state index is -0.930. The van der Waals surface area contributed by atoms with Crippen LogP contribution < -0.4 is 0 Å². The molecule has 106 valence electrons. The van der Waals surface area contributed by atoms with E-state index in [-0.39, 0.29) is 6.10 Å². The molecule has 5 atom stereocenters. The molecule has 2 aliphatic rings. The molecule has 2 bridgehead atoms. The van der Waals surface area contributed by atoms with E-state index in [4.69, 9.17) is 19.7 Å². The van der Waals surface area contributed by atoms with E-state index in [1.807, 2.05) is 30.3 Å². The Balaban J connectivity index is 1.70. The van der Waals surface area contributed by atoms with Crippen LogP contribution in [0.1, 0.15) is 5.56 Å². The van der Waals surface area contributed by atoms with Gasteiger partial charge in [0.05, 0.1) is 19.3 Å². The number of rotatable bonds is 4. The van der Waals surface area contributed by atoms with Crippen molar-refractivity contribution in [1.29, 1.82) is 0 Å². The molecule has 0 spiro atoms. The number of fused-ring (bicyclic) bond motifs is 2. The molecule has 1 aromatic rings. The van der Waals surface area contributed by atoms with Crippen LogP contribution in [0, 0.1) is 0 Å². The Bertz CT molecular complexity index is 506. The lowest BCUT2D eigenvalue weighted by Gasteiger charge is -2.35. The third kappa shape index (κ3) is 2.49. The van der Waals surface area contributed by atoms with Crippen molar-refractivity contribution in [1.82, 2.24) is 0 Å². The summed E-state index contributed by atoms with van der Waals surface area (Å²) in [5.74, 6) is 0. The SMILES string of the molecule is [N-]=[N+]=N[C@H]1[C@@H]2OC[C@@H](O2)[C@H](OCc2ccccc2)[C@@H]1O. The lowest BCUT2D eigenvalue weighted by molar-refractivity contribution is -0.195. The molecular formula is C13H15N3O4. The van der Waals surface area contributed by atoms with Crippen molar-refractivity contribution in [3.63, 3.8) is 0 Å². The zero-order valence-electron chi connectivity index (χ0n) is 10.7. The number of aliphatic hydroxyl groups is 1. The van der Waals surface area contributed by atoms with Crippen molar-refractivity contribution in [2.24, 2.45) is 5.11 Å². The van der Waals surface area contributed by atoms with Crippen LogP contribution in [0.25, 0.3) is 10.4 Å². The highest BCUT2D eigenvalue weighted by molar-refractivity contribution is 5.13. The Kier molecular flexibility index (Phi) is 3.86. The molecule has 0 radical (unpaired) electrons. The molecule has 0 saturated carbocycles. The summed E-state index contributed by atoms with van der Waals surface area (Å²) in [6.07, 6.45) is -2.50. The number of aliphatic hydroxyl groups excluding tert-OH is 1. The van der Waals surface area contributed by atoms with Gasteiger partial charge in [0, 0.05) is 4.91 Å². The number of azide groups is 1. The van der Waals surface area contributed by atoms with E-state index in [0.29, 0.717) is 13.2 Å². The molecule has 2 aliphatic heterocycles. The van der Waals surface area contributed by atoms with E-state index in [0.717, 1.165) is 5.56 Å². The van der Waals surface area contributed by atoms with Gasteiger partial charge in [-0.2, -0.15) is 0 Å². The molecule has 0 unspecified atom stereocenters. The molecule has 7 heteroatoms. The van der Waals surface area contributed by atoms with E-state index in [9.17, 15) is 5.11 Å². The minimum Gasteiger partial charge on any atom is -0.390 e. The molecule has 1 N–H and O–H groups in total. The first-order chi connectivity index (χ1) is 9.79. The summed E-state index contributed by atoms with van der Waals surface area (Å²) < 4.78 is 16.7. The van der Waals surface area contributed by atoms with Crippen LogP contribution in [0.3, 0.4) is 0 Å². The first-order valence-electron chi connectivity index (χ1n) is 6.44. The standard InChI is InChI=1S/C13H15N3O4/c14-16-15-10-11(17)12(9-7-19-13(10)20-9)18-6-8-4-2-1-3-5-8/h1-5,9-13,17H,6-7H2/t9-,10-,11-,12+,13-/m1/s1. The van der Waals surface area contributed by atoms with Gasteiger partial charge in [-0.15, -0.1) is 0 Å². The second-order valence-electron chi connectivity index (χ2n) is 4.82. The molecule has 20 heavy (non-hydrogen) atoms. The number of ether oxygens (including phenoxy) is 3. The molecule has 0 amide bonds. The van der Waals surface area contributed by atoms with Gasteiger partial charge in [-0.3, -0.25) is 0 Å². The number of hydrogen-bond donors (Lipinski definition) is 1. The van der Waals surface area contributed by atoms with Crippen LogP contribution in [0.5, 0.6) is 0 Å². The lowest BCUT2D eigenvalue weighted by Crippen LogP contribution is -2.53. The molecule has 1 aromatic carbocycles. The molecule has 2 fully saturated rings. The minimum absolute atomic E-state index is 0.330. The normalized spacial score (nSPS) is 35.5. The smallest absolute Gasteiger partial charge is 0.169 e. The van der Waals surface area contributed by atoms with E-state index in [1.54, 1.807) is 0 Å². The van der Waals surface area contributed by atoms with Crippen LogP contribution in [0.2, 0.25) is 0 Å². The second kappa shape index (κ2) is 5.78. The zero-order chi connectivity index (χ0) is 13.9. The van der Waals surface area contributed by atoms with Crippen molar-refractivity contribution in [2.45, 2.75) is 37.3 Å². The molecule has 2 heterocycles. The van der Waals surface area contributed by atoms with E-state index in [1.165, 1.54) is 0 Å². The molecule has 0 aliphatic carbocycles. The quantitative estimate of drug-likeness (QED) is 0.510. The number of benzene rings is 1. The maximum Gasteiger partial charge on any atom is 0.169 e. The van der Waals surface area contributed by atoms with Crippen LogP contribution in [0.4, 0.5) is 0 Å². The highest BCUT2D eigenvalue weighted by atomic mass is 16.7. The molecule has 3 rings (SSSR count). The molecular weight excluding hydrogens is 262 g/mol. The fraction of sp³-hybridized carbons (Fsp3) is 0.538. The van der Waals surface area contributed by atoms with Gasteiger partial charge in [-0.05, 0) is 11.1 Å². The van der Waals surface area contributed by atoms with Gasteiger partial charge in [-0.1, -0.05) is 35.4 Å². The van der Waals surface area contributed by atoms with E-state index in [2.05, 4.69) is 10.0 Å². The van der Waals surface area contributed by atoms with Gasteiger partial charge in [0.15, 0.2) is 6.29 Å². The summed E-state index contributed by atoms with van der Waals surface area (Å²) in [4.78, 5) is 2.73. The Labute approximate surface area is 115 Å². The average Bonchev–Trinajstić information content (AvgIpc) is 2.90. The summed E-state index contributed by atoms with van der Waals surface area (Å²) in [6, 6.07) is 8.87. The molecule has 2 saturated heterocycles. The fourth-order valence-corrected chi connectivity index (χ4v) is 2.52. The average molecular weight is 277 g/mol. The highest BCUT2D eigenvalue weighted by Crippen LogP contribution is 2.32. The fourth-order valence-electron chi connectivity index (χ4n) is 2.52. The lowest BCUT2D eigenvalue weighted by atomic mass is 9.99. The van der Waals surface area contributed by atoms with Crippen LogP contribution >= 0.6 is 0 Å². The summed E-state index contributed by atoms with van der Waals surface area (Å²) in [5.41, 5.74) is 9.55. The van der Waals surface area contributed by atoms with Crippen molar-refractivity contribution >= 4 is 0 Å². The van der Waals surface area contributed by atoms with Gasteiger partial charge in [0.2, 0.25) is 0 Å². The van der Waals surface area contributed by atoms with Gasteiger partial charge in [0.25, 0.3) is 0 Å². The summed E-state index contributed by atoms with van der Waals surface area (Å²) in [5, 5.41) is 13.8. The summed E-state index contributed by atoms with van der Waals surface area (Å²) >= 11 is 0. The maximum absolute atomic E-state index is 10.3. The molecule has 7 nitrogen and oxygen atoms in total. The zero-order valence-corrected chi connectivity index (χ0v) is 10.7. The van der Waals surface area contributed by atoms with Crippen LogP contribution in [-0.4, -0.2) is 42.4 Å². The predicted molar refractivity (Wildman–Crippen MR) is 68.6 cm³/mol. The Morgan fingerprint density at radius 3 is 2.95 bits per heavy atom. The number of nitrogens with zero attached hydrogens (tertiary/aromatic N) is 3. The van der Waals surface area contributed by atoms with Crippen LogP contribution in [-0.2, 0) is 20.8 Å². The monoisotopic (exact) mass is 277 g/mol. The Morgan fingerprint density at radius 2 is 2.20 bits per heavy atom. The summed E-state index contributed by atoms with van der Waals surface area (Å²) in [6.45, 7) is 0.689. The van der Waals surface area contributed by atoms with Crippen molar-refractivity contribution < 1.29 is 19.3 Å². The second-order valence-corrected chi connectivity index (χ2v) is 4.82. The molecule has 0 aromatic heterocycles. The van der Waals surface area contributed by atoms with Gasteiger partial charge >= 0.3 is 0 Å². The van der Waals surface area contributed by atoms with Gasteiger partial charge < -0.3 is 19.3 Å². The van der Waals surface area contributed by atoms with Crippen LogP contribution in [0.15, 0.2) is 35.4 Å². The largest absolute Gasteiger partial charge is 0.390 e.